The Hall–Kier alpha value is -2.45. The van der Waals surface area contributed by atoms with E-state index in [1.807, 2.05) is 0 Å². The number of carbonyl (C=O) groups excluding carboxylic acids is 2. The van der Waals surface area contributed by atoms with Crippen molar-refractivity contribution in [1.82, 2.24) is 20.1 Å². The van der Waals surface area contributed by atoms with E-state index in [0.717, 1.165) is 38.2 Å². The van der Waals surface area contributed by atoms with E-state index in [-0.39, 0.29) is 30.1 Å². The number of anilines is 2. The zero-order chi connectivity index (χ0) is 19.7. The van der Waals surface area contributed by atoms with Gasteiger partial charge in [0.1, 0.15) is 0 Å². The molecule has 2 aliphatic rings. The van der Waals surface area contributed by atoms with Crippen LogP contribution in [0, 0.1) is 11.8 Å². The van der Waals surface area contributed by atoms with Gasteiger partial charge in [-0.05, 0) is 62.5 Å². The number of rotatable bonds is 5. The first kappa shape index (κ1) is 21.3. The first-order chi connectivity index (χ1) is 13.5. The van der Waals surface area contributed by atoms with Gasteiger partial charge in [-0.1, -0.05) is 6.92 Å². The fourth-order valence-electron chi connectivity index (χ4n) is 3.57. The minimum absolute atomic E-state index is 0. The molecule has 2 atom stereocenters. The molecule has 0 radical (unpaired) electrons. The van der Waals surface area contributed by atoms with Crippen molar-refractivity contribution in [1.29, 1.82) is 0 Å². The second-order valence-corrected chi connectivity index (χ2v) is 7.78. The first-order valence-corrected chi connectivity index (χ1v) is 9.85. The maximum Gasteiger partial charge on any atom is 0.258 e. The number of aryl methyl sites for hydroxylation is 1. The molecule has 1 saturated carbocycles. The van der Waals surface area contributed by atoms with Gasteiger partial charge in [0.05, 0.1) is 0 Å². The van der Waals surface area contributed by atoms with Gasteiger partial charge in [-0.25, -0.2) is 4.68 Å². The number of hydrogen-bond donors (Lipinski definition) is 3. The second kappa shape index (κ2) is 8.92. The molecule has 156 valence electrons. The Morgan fingerprint density at radius 2 is 1.79 bits per heavy atom. The summed E-state index contributed by atoms with van der Waals surface area (Å²) in [5.41, 5.74) is 1.21. The van der Waals surface area contributed by atoms with E-state index in [4.69, 9.17) is 0 Å². The molecule has 1 aliphatic heterocycles. The molecule has 8 nitrogen and oxygen atoms in total. The van der Waals surface area contributed by atoms with Crippen LogP contribution in [0.15, 0.2) is 24.3 Å². The monoisotopic (exact) mass is 418 g/mol. The number of benzene rings is 1. The van der Waals surface area contributed by atoms with Crippen molar-refractivity contribution in [2.75, 3.05) is 23.7 Å². The van der Waals surface area contributed by atoms with Crippen molar-refractivity contribution in [3.8, 4) is 0 Å². The van der Waals surface area contributed by atoms with E-state index in [9.17, 15) is 9.59 Å². The molecule has 0 spiro atoms. The molecular weight excluding hydrogens is 392 g/mol. The van der Waals surface area contributed by atoms with Crippen LogP contribution in [0.1, 0.15) is 48.3 Å². The quantitative estimate of drug-likeness (QED) is 0.692. The van der Waals surface area contributed by atoms with Crippen molar-refractivity contribution in [3.63, 3.8) is 0 Å². The summed E-state index contributed by atoms with van der Waals surface area (Å²) in [7, 11) is 1.78. The van der Waals surface area contributed by atoms with E-state index < -0.39 is 0 Å². The Morgan fingerprint density at radius 1 is 1.14 bits per heavy atom. The highest BCUT2D eigenvalue weighted by Gasteiger charge is 2.39. The third kappa shape index (κ3) is 4.94. The first-order valence-electron chi connectivity index (χ1n) is 9.85. The molecule has 2 aromatic rings. The number of nitrogens with zero attached hydrogens (tertiary/aromatic N) is 3. The third-order valence-corrected chi connectivity index (χ3v) is 5.57. The van der Waals surface area contributed by atoms with E-state index >= 15 is 0 Å². The van der Waals surface area contributed by atoms with Gasteiger partial charge < -0.3 is 10.6 Å². The maximum atomic E-state index is 12.6. The van der Waals surface area contributed by atoms with Gasteiger partial charge >= 0.3 is 0 Å². The number of nitrogens with one attached hydrogen (secondary N) is 3. The molecule has 1 aliphatic carbocycles. The summed E-state index contributed by atoms with van der Waals surface area (Å²) in [4.78, 5) is 29.1. The van der Waals surface area contributed by atoms with Crippen LogP contribution in [0.2, 0.25) is 0 Å². The van der Waals surface area contributed by atoms with Gasteiger partial charge in [0.25, 0.3) is 5.91 Å². The summed E-state index contributed by atoms with van der Waals surface area (Å²) in [6.07, 6.45) is 2.96. The molecule has 1 aromatic heterocycles. The smallest absolute Gasteiger partial charge is 0.258 e. The summed E-state index contributed by atoms with van der Waals surface area (Å²) >= 11 is 0. The molecule has 1 saturated heterocycles. The molecule has 2 unspecified atom stereocenters. The summed E-state index contributed by atoms with van der Waals surface area (Å²) in [5, 5.41) is 13.5. The number of hydrogen-bond acceptors (Lipinski definition) is 5. The Bertz CT molecular complexity index is 876. The van der Waals surface area contributed by atoms with Crippen LogP contribution in [0.3, 0.4) is 0 Å². The zero-order valence-corrected chi connectivity index (χ0v) is 17.5. The van der Waals surface area contributed by atoms with Crippen LogP contribution >= 0.6 is 12.4 Å². The molecule has 3 N–H and O–H groups in total. The van der Waals surface area contributed by atoms with Gasteiger partial charge in [-0.2, -0.15) is 10.1 Å². The van der Waals surface area contributed by atoms with Crippen LogP contribution in [-0.4, -0.2) is 39.7 Å². The van der Waals surface area contributed by atoms with Crippen molar-refractivity contribution in [2.45, 2.75) is 32.1 Å². The van der Waals surface area contributed by atoms with Crippen molar-refractivity contribution in [2.24, 2.45) is 18.9 Å². The summed E-state index contributed by atoms with van der Waals surface area (Å²) < 4.78 is 1.61. The Labute approximate surface area is 176 Å². The van der Waals surface area contributed by atoms with Crippen molar-refractivity contribution in [3.05, 3.63) is 35.7 Å². The Morgan fingerprint density at radius 3 is 2.41 bits per heavy atom. The molecule has 1 aromatic carbocycles. The van der Waals surface area contributed by atoms with Crippen LogP contribution in [0.25, 0.3) is 0 Å². The van der Waals surface area contributed by atoms with Gasteiger partial charge in [0, 0.05) is 30.1 Å². The summed E-state index contributed by atoms with van der Waals surface area (Å²) in [6.45, 7) is 4.00. The molecule has 2 heterocycles. The summed E-state index contributed by atoms with van der Waals surface area (Å²) in [6, 6.07) is 6.89. The molecule has 4 rings (SSSR count). The lowest BCUT2D eigenvalue weighted by molar-refractivity contribution is -0.117. The van der Waals surface area contributed by atoms with Crippen LogP contribution in [-0.2, 0) is 11.8 Å². The minimum atomic E-state index is -0.249. The number of aromatic nitrogens is 3. The summed E-state index contributed by atoms with van der Waals surface area (Å²) in [5.74, 6) is 1.94. The molecule has 0 bridgehead atoms. The number of amides is 2. The van der Waals surface area contributed by atoms with E-state index in [0.29, 0.717) is 29.0 Å². The van der Waals surface area contributed by atoms with E-state index in [2.05, 4.69) is 33.0 Å². The second-order valence-electron chi connectivity index (χ2n) is 7.78. The average Bonchev–Trinajstić information content (AvgIpc) is 3.33. The SMILES string of the molecule is CC1CC1C(=O)Nc1ccc(C(=O)Nc2nc(C3CCNCC3)nn2C)cc1.Cl. The highest BCUT2D eigenvalue weighted by atomic mass is 35.5. The number of piperidine rings is 1. The predicted octanol–water partition coefficient (Wildman–Crippen LogP) is 2.55. The fraction of sp³-hybridized carbons (Fsp3) is 0.500. The number of halogens is 1. The third-order valence-electron chi connectivity index (χ3n) is 5.57. The minimum Gasteiger partial charge on any atom is -0.326 e. The number of carbonyl (C=O) groups is 2. The van der Waals surface area contributed by atoms with E-state index in [1.165, 1.54) is 0 Å². The van der Waals surface area contributed by atoms with Crippen LogP contribution in [0.5, 0.6) is 0 Å². The van der Waals surface area contributed by atoms with Gasteiger partial charge in [-0.3, -0.25) is 14.9 Å². The molecule has 9 heteroatoms. The Kier molecular flexibility index (Phi) is 6.54. The maximum absolute atomic E-state index is 12.6. The average molecular weight is 419 g/mol. The van der Waals surface area contributed by atoms with Gasteiger partial charge in [0.2, 0.25) is 11.9 Å². The van der Waals surface area contributed by atoms with Gasteiger partial charge in [0.15, 0.2) is 5.82 Å². The standard InChI is InChI=1S/C20H26N6O2.ClH/c1-12-11-16(12)19(28)22-15-5-3-14(4-6-15)18(27)24-20-23-17(25-26(20)2)13-7-9-21-10-8-13;/h3-6,12-13,16,21H,7-11H2,1-2H3,(H,22,28)(H,23,24,25,27);1H. The van der Waals surface area contributed by atoms with Crippen molar-refractivity contribution < 1.29 is 9.59 Å². The zero-order valence-electron chi connectivity index (χ0n) is 16.6. The van der Waals surface area contributed by atoms with Crippen LogP contribution < -0.4 is 16.0 Å². The largest absolute Gasteiger partial charge is 0.326 e. The molecule has 2 fully saturated rings. The van der Waals surface area contributed by atoms with E-state index in [1.54, 1.807) is 36.0 Å². The Balaban J connectivity index is 0.00000240. The predicted molar refractivity (Wildman–Crippen MR) is 113 cm³/mol. The van der Waals surface area contributed by atoms with Gasteiger partial charge in [-0.15, -0.1) is 12.4 Å². The molecule has 29 heavy (non-hydrogen) atoms. The topological polar surface area (TPSA) is 101 Å². The highest BCUT2D eigenvalue weighted by Crippen LogP contribution is 2.38. The lowest BCUT2D eigenvalue weighted by Crippen LogP contribution is -2.27. The lowest BCUT2D eigenvalue weighted by Gasteiger charge is -2.19. The lowest BCUT2D eigenvalue weighted by atomic mass is 9.98. The fourth-order valence-corrected chi connectivity index (χ4v) is 3.57. The van der Waals surface area contributed by atoms with Crippen molar-refractivity contribution >= 4 is 35.9 Å². The highest BCUT2D eigenvalue weighted by molar-refractivity contribution is 6.04. The molecule has 2 amide bonds. The normalized spacial score (nSPS) is 21.2. The molecular formula is C20H27ClN6O2. The van der Waals surface area contributed by atoms with Crippen LogP contribution in [0.4, 0.5) is 11.6 Å².